The lowest BCUT2D eigenvalue weighted by atomic mass is 10.0. The first-order valence-electron chi connectivity index (χ1n) is 15.4. The number of benzene rings is 2. The van der Waals surface area contributed by atoms with E-state index < -0.39 is 5.60 Å². The predicted molar refractivity (Wildman–Crippen MR) is 170 cm³/mol. The van der Waals surface area contributed by atoms with Crippen LogP contribution >= 0.6 is 0 Å². The Morgan fingerprint density at radius 3 is 2.24 bits per heavy atom. The summed E-state index contributed by atoms with van der Waals surface area (Å²) in [5.74, 6) is -0.393. The van der Waals surface area contributed by atoms with Gasteiger partial charge in [-0.25, -0.2) is 9.48 Å². The average molecular weight is 611 g/mol. The molecule has 2 fully saturated rings. The van der Waals surface area contributed by atoms with Crippen molar-refractivity contribution in [2.75, 3.05) is 38.1 Å². The number of anilines is 1. The zero-order valence-electron chi connectivity index (χ0n) is 25.9. The first-order valence-corrected chi connectivity index (χ1v) is 15.4. The van der Waals surface area contributed by atoms with Crippen molar-refractivity contribution < 1.29 is 23.9 Å². The van der Waals surface area contributed by atoms with Crippen LogP contribution in [-0.2, 0) is 9.47 Å². The number of carbonyl (C=O) groups excluding carboxylic acids is 3. The number of piperazine rings is 1. The van der Waals surface area contributed by atoms with Crippen molar-refractivity contribution in [3.63, 3.8) is 0 Å². The van der Waals surface area contributed by atoms with Crippen LogP contribution in [-0.4, -0.2) is 80.9 Å². The maximum atomic E-state index is 13.4. The largest absolute Gasteiger partial charge is 0.444 e. The Morgan fingerprint density at radius 2 is 1.58 bits per heavy atom. The van der Waals surface area contributed by atoms with E-state index in [1.807, 2.05) is 67.9 Å². The Labute approximate surface area is 262 Å². The van der Waals surface area contributed by atoms with Crippen molar-refractivity contribution in [1.82, 2.24) is 24.6 Å². The molecular formula is C34H38N6O5. The molecule has 0 aliphatic carbocycles. The molecule has 234 valence electrons. The summed E-state index contributed by atoms with van der Waals surface area (Å²) in [5, 5.41) is 8.40. The summed E-state index contributed by atoms with van der Waals surface area (Å²) >= 11 is 0. The molecular weight excluding hydrogens is 572 g/mol. The van der Waals surface area contributed by atoms with Gasteiger partial charge in [-0.15, -0.1) is 0 Å². The highest BCUT2D eigenvalue weighted by atomic mass is 16.6. The highest BCUT2D eigenvalue weighted by Gasteiger charge is 2.28. The van der Waals surface area contributed by atoms with Gasteiger partial charge in [0.25, 0.3) is 11.8 Å². The van der Waals surface area contributed by atoms with Gasteiger partial charge >= 0.3 is 6.09 Å². The van der Waals surface area contributed by atoms with Crippen LogP contribution < -0.4 is 5.32 Å². The number of amides is 3. The van der Waals surface area contributed by atoms with E-state index in [2.05, 4.69) is 10.3 Å². The van der Waals surface area contributed by atoms with Gasteiger partial charge in [0, 0.05) is 61.8 Å². The summed E-state index contributed by atoms with van der Waals surface area (Å²) < 4.78 is 13.3. The molecule has 11 heteroatoms. The van der Waals surface area contributed by atoms with Gasteiger partial charge in [-0.05, 0) is 87.6 Å². The SMILES string of the molecule is CC(C)(C)OC(=O)N1CCN(C(=O)c2ccc(-c3ccc4c(c3)c(C(=O)Nc3ccncc3)nn4C3CCCCO3)cc2)CC1. The molecule has 2 aromatic heterocycles. The number of hydrogen-bond acceptors (Lipinski definition) is 7. The molecule has 2 aliphatic heterocycles. The van der Waals surface area contributed by atoms with Crippen molar-refractivity contribution in [3.05, 3.63) is 78.2 Å². The predicted octanol–water partition coefficient (Wildman–Crippen LogP) is 5.74. The quantitative estimate of drug-likeness (QED) is 0.306. The molecule has 1 atom stereocenters. The zero-order chi connectivity index (χ0) is 31.6. The molecule has 4 aromatic rings. The van der Waals surface area contributed by atoms with Gasteiger partial charge in [0.05, 0.1) is 5.52 Å². The summed E-state index contributed by atoms with van der Waals surface area (Å²) in [6.07, 6.45) is 5.53. The number of hydrogen-bond donors (Lipinski definition) is 1. The minimum atomic E-state index is -0.561. The number of fused-ring (bicyclic) bond motifs is 1. The second-order valence-corrected chi connectivity index (χ2v) is 12.4. The fourth-order valence-electron chi connectivity index (χ4n) is 5.66. The lowest BCUT2D eigenvalue weighted by Crippen LogP contribution is -2.51. The molecule has 3 amide bonds. The Balaban J connectivity index is 1.21. The highest BCUT2D eigenvalue weighted by molar-refractivity contribution is 6.11. The monoisotopic (exact) mass is 610 g/mol. The van der Waals surface area contributed by atoms with Crippen LogP contribution in [0.5, 0.6) is 0 Å². The minimum absolute atomic E-state index is 0.0790. The van der Waals surface area contributed by atoms with Crippen molar-refractivity contribution in [2.24, 2.45) is 0 Å². The minimum Gasteiger partial charge on any atom is -0.444 e. The summed E-state index contributed by atoms with van der Waals surface area (Å²) in [6.45, 7) is 7.91. The smallest absolute Gasteiger partial charge is 0.410 e. The summed E-state index contributed by atoms with van der Waals surface area (Å²) in [4.78, 5) is 46.5. The zero-order valence-corrected chi connectivity index (χ0v) is 25.9. The van der Waals surface area contributed by atoms with E-state index in [0.717, 1.165) is 41.3 Å². The topological polar surface area (TPSA) is 119 Å². The molecule has 6 rings (SSSR count). The fourth-order valence-corrected chi connectivity index (χ4v) is 5.66. The summed E-state index contributed by atoms with van der Waals surface area (Å²) in [5.41, 5.74) is 3.59. The van der Waals surface area contributed by atoms with Crippen LogP contribution in [0.25, 0.3) is 22.0 Å². The third-order valence-corrected chi connectivity index (χ3v) is 7.97. The van der Waals surface area contributed by atoms with Gasteiger partial charge in [-0.3, -0.25) is 14.6 Å². The van der Waals surface area contributed by atoms with Crippen molar-refractivity contribution in [2.45, 2.75) is 51.9 Å². The van der Waals surface area contributed by atoms with E-state index in [0.29, 0.717) is 49.7 Å². The van der Waals surface area contributed by atoms with E-state index in [-0.39, 0.29) is 24.1 Å². The molecule has 0 spiro atoms. The van der Waals surface area contributed by atoms with Crippen LogP contribution in [0.2, 0.25) is 0 Å². The van der Waals surface area contributed by atoms with Crippen LogP contribution in [0.1, 0.15) is 67.1 Å². The van der Waals surface area contributed by atoms with E-state index in [9.17, 15) is 14.4 Å². The fraction of sp³-hybridized carbons (Fsp3) is 0.382. The Bertz CT molecular complexity index is 1680. The Hall–Kier alpha value is -4.77. The molecule has 45 heavy (non-hydrogen) atoms. The van der Waals surface area contributed by atoms with Gasteiger partial charge < -0.3 is 24.6 Å². The number of nitrogens with zero attached hydrogens (tertiary/aromatic N) is 5. The first kappa shape index (κ1) is 30.3. The molecule has 4 heterocycles. The van der Waals surface area contributed by atoms with Crippen LogP contribution in [0, 0.1) is 0 Å². The van der Waals surface area contributed by atoms with E-state index in [1.165, 1.54) is 0 Å². The number of carbonyl (C=O) groups is 3. The first-order chi connectivity index (χ1) is 21.7. The molecule has 2 aliphatic rings. The molecule has 2 saturated heterocycles. The van der Waals surface area contributed by atoms with Crippen LogP contribution in [0.3, 0.4) is 0 Å². The van der Waals surface area contributed by atoms with E-state index in [4.69, 9.17) is 14.6 Å². The maximum absolute atomic E-state index is 13.4. The number of ether oxygens (including phenoxy) is 2. The normalized spacial score (nSPS) is 17.3. The number of aromatic nitrogens is 3. The molecule has 11 nitrogen and oxygen atoms in total. The van der Waals surface area contributed by atoms with Gasteiger partial charge in [-0.2, -0.15) is 5.10 Å². The molecule has 2 aromatic carbocycles. The average Bonchev–Trinajstić information content (AvgIpc) is 3.44. The molecule has 0 saturated carbocycles. The van der Waals surface area contributed by atoms with Crippen molar-refractivity contribution in [3.8, 4) is 11.1 Å². The standard InChI is InChI=1S/C34H38N6O5/c1-34(2,3)45-33(43)39-19-17-38(18-20-39)32(42)24-9-7-23(8-10-24)25-11-12-28-27(22-25)30(31(41)36-26-13-15-35-16-14-26)37-40(28)29-6-4-5-21-44-29/h7-16,22,29H,4-6,17-21H2,1-3H3,(H,35,36,41). The van der Waals surface area contributed by atoms with E-state index in [1.54, 1.807) is 34.3 Å². The molecule has 0 radical (unpaired) electrons. The van der Waals surface area contributed by atoms with Crippen LogP contribution in [0.15, 0.2) is 67.0 Å². The Morgan fingerprint density at radius 1 is 0.889 bits per heavy atom. The van der Waals surface area contributed by atoms with Gasteiger partial charge in [-0.1, -0.05) is 18.2 Å². The van der Waals surface area contributed by atoms with Crippen LogP contribution in [0.4, 0.5) is 10.5 Å². The molecule has 1 N–H and O–H groups in total. The second-order valence-electron chi connectivity index (χ2n) is 12.4. The molecule has 1 unspecified atom stereocenters. The summed E-state index contributed by atoms with van der Waals surface area (Å²) in [7, 11) is 0. The number of nitrogens with one attached hydrogen (secondary N) is 1. The third kappa shape index (κ3) is 6.83. The van der Waals surface area contributed by atoms with Gasteiger partial charge in [0.1, 0.15) is 5.60 Å². The Kier molecular flexibility index (Phi) is 8.53. The number of rotatable bonds is 5. The summed E-state index contributed by atoms with van der Waals surface area (Å²) in [6, 6.07) is 16.9. The number of pyridine rings is 1. The van der Waals surface area contributed by atoms with Crippen molar-refractivity contribution in [1.29, 1.82) is 0 Å². The third-order valence-electron chi connectivity index (χ3n) is 7.97. The van der Waals surface area contributed by atoms with Gasteiger partial charge in [0.2, 0.25) is 0 Å². The lowest BCUT2D eigenvalue weighted by molar-refractivity contribution is -0.0367. The van der Waals surface area contributed by atoms with E-state index >= 15 is 0 Å². The molecule has 0 bridgehead atoms. The van der Waals surface area contributed by atoms with Crippen molar-refractivity contribution >= 4 is 34.5 Å². The lowest BCUT2D eigenvalue weighted by Gasteiger charge is -2.35. The second kappa shape index (κ2) is 12.7. The maximum Gasteiger partial charge on any atom is 0.410 e. The highest BCUT2D eigenvalue weighted by Crippen LogP contribution is 2.32. The van der Waals surface area contributed by atoms with Gasteiger partial charge in [0.15, 0.2) is 11.9 Å².